The van der Waals surface area contributed by atoms with Crippen LogP contribution in [0.2, 0.25) is 5.02 Å². The second kappa shape index (κ2) is 10.2. The summed E-state index contributed by atoms with van der Waals surface area (Å²) in [5.74, 6) is -1.61. The molecule has 0 aromatic heterocycles. The SMILES string of the molecule is O=C(N=Nc1cc(NS(=O)(=O)c2ccc(Cl)cc2)c2ccccc2c1O)c1cc([N+](=O)[O-])cc([N+](=O)[O-])c1. The number of benzene rings is 4. The summed E-state index contributed by atoms with van der Waals surface area (Å²) in [6.07, 6.45) is 0. The highest BCUT2D eigenvalue weighted by molar-refractivity contribution is 7.92. The van der Waals surface area contributed by atoms with Crippen molar-refractivity contribution in [3.63, 3.8) is 0 Å². The van der Waals surface area contributed by atoms with E-state index in [1.165, 1.54) is 30.3 Å². The Morgan fingerprint density at radius 1 is 0.895 bits per heavy atom. The van der Waals surface area contributed by atoms with Crippen molar-refractivity contribution in [3.05, 3.63) is 104 Å². The number of rotatable bonds is 7. The number of phenolic OH excluding ortho intramolecular Hbond substituents is 1. The van der Waals surface area contributed by atoms with Gasteiger partial charge in [-0.15, -0.1) is 10.2 Å². The van der Waals surface area contributed by atoms with Crippen LogP contribution in [0.15, 0.2) is 87.9 Å². The van der Waals surface area contributed by atoms with Crippen molar-refractivity contribution in [2.75, 3.05) is 4.72 Å². The van der Waals surface area contributed by atoms with Gasteiger partial charge in [-0.3, -0.25) is 29.7 Å². The number of carbonyl (C=O) groups is 1. The number of carbonyl (C=O) groups excluding carboxylic acids is 1. The zero-order valence-corrected chi connectivity index (χ0v) is 20.4. The molecule has 0 radical (unpaired) electrons. The third-order valence-corrected chi connectivity index (χ3v) is 6.82. The predicted octanol–water partition coefficient (Wildman–Crippen LogP) is 5.74. The number of non-ortho nitro benzene ring substituents is 2. The van der Waals surface area contributed by atoms with Crippen LogP contribution in [0.4, 0.5) is 22.7 Å². The zero-order chi connectivity index (χ0) is 27.6. The summed E-state index contributed by atoms with van der Waals surface area (Å²) in [7, 11) is -4.11. The molecule has 0 aliphatic carbocycles. The van der Waals surface area contributed by atoms with Gasteiger partial charge in [0.15, 0.2) is 5.75 Å². The first-order valence-electron chi connectivity index (χ1n) is 10.4. The van der Waals surface area contributed by atoms with Gasteiger partial charge in [-0.25, -0.2) is 8.42 Å². The van der Waals surface area contributed by atoms with Crippen LogP contribution in [0.3, 0.4) is 0 Å². The van der Waals surface area contributed by atoms with E-state index in [1.807, 2.05) is 0 Å². The highest BCUT2D eigenvalue weighted by Crippen LogP contribution is 2.40. The van der Waals surface area contributed by atoms with Crippen LogP contribution in [0.1, 0.15) is 10.4 Å². The standard InChI is InChI=1S/C23H14ClN5O8S/c24-14-5-7-17(8-6-14)38(36,37)27-20-12-21(22(30)19-4-2-1-3-18(19)20)25-26-23(31)13-9-15(28(32)33)11-16(10-13)29(34)35/h1-12,27,30H. The summed E-state index contributed by atoms with van der Waals surface area (Å²) in [6.45, 7) is 0. The van der Waals surface area contributed by atoms with Crippen molar-refractivity contribution < 1.29 is 28.2 Å². The Morgan fingerprint density at radius 2 is 1.47 bits per heavy atom. The number of nitro groups is 2. The quantitative estimate of drug-likeness (QED) is 0.124. The average molecular weight is 556 g/mol. The Balaban J connectivity index is 1.75. The normalized spacial score (nSPS) is 11.5. The summed E-state index contributed by atoms with van der Waals surface area (Å²) in [4.78, 5) is 32.8. The largest absolute Gasteiger partial charge is 0.505 e. The van der Waals surface area contributed by atoms with Crippen molar-refractivity contribution >= 4 is 61.1 Å². The Kier molecular flexibility index (Phi) is 7.01. The van der Waals surface area contributed by atoms with Crippen molar-refractivity contribution in [1.82, 2.24) is 0 Å². The molecule has 2 N–H and O–H groups in total. The molecule has 192 valence electrons. The number of hydrogen-bond donors (Lipinski definition) is 2. The molecule has 4 aromatic rings. The van der Waals surface area contributed by atoms with Crippen LogP contribution >= 0.6 is 11.6 Å². The topological polar surface area (TPSA) is 194 Å². The number of aromatic hydroxyl groups is 1. The average Bonchev–Trinajstić information content (AvgIpc) is 2.89. The number of hydrogen-bond acceptors (Lipinski definition) is 9. The van der Waals surface area contributed by atoms with Crippen LogP contribution < -0.4 is 4.72 Å². The van der Waals surface area contributed by atoms with Crippen molar-refractivity contribution in [2.24, 2.45) is 10.2 Å². The Labute approximate surface area is 218 Å². The van der Waals surface area contributed by atoms with Gasteiger partial charge in [0.1, 0.15) is 5.69 Å². The molecule has 0 unspecified atom stereocenters. The molecule has 0 aliphatic rings. The lowest BCUT2D eigenvalue weighted by Gasteiger charge is -2.13. The minimum absolute atomic E-state index is 0.000681. The van der Waals surface area contributed by atoms with E-state index in [9.17, 15) is 38.5 Å². The lowest BCUT2D eigenvalue weighted by molar-refractivity contribution is -0.394. The number of anilines is 1. The van der Waals surface area contributed by atoms with Crippen LogP contribution in [0, 0.1) is 20.2 Å². The summed E-state index contributed by atoms with van der Waals surface area (Å²) in [6, 6.07) is 15.0. The zero-order valence-electron chi connectivity index (χ0n) is 18.8. The number of nitrogens with zero attached hydrogens (tertiary/aromatic N) is 4. The van der Waals surface area contributed by atoms with Crippen LogP contribution in [0.25, 0.3) is 10.8 Å². The van der Waals surface area contributed by atoms with Crippen molar-refractivity contribution in [2.45, 2.75) is 4.90 Å². The lowest BCUT2D eigenvalue weighted by Crippen LogP contribution is -2.13. The number of azo groups is 1. The molecule has 0 aliphatic heterocycles. The van der Waals surface area contributed by atoms with E-state index in [-0.39, 0.29) is 21.7 Å². The molecular weight excluding hydrogens is 542 g/mol. The van der Waals surface area contributed by atoms with Crippen molar-refractivity contribution in [1.29, 1.82) is 0 Å². The monoisotopic (exact) mass is 555 g/mol. The molecular formula is C23H14ClN5O8S. The minimum atomic E-state index is -4.11. The lowest BCUT2D eigenvalue weighted by atomic mass is 10.1. The summed E-state index contributed by atoms with van der Waals surface area (Å²) in [5.41, 5.74) is -2.21. The molecule has 13 nitrogen and oxygen atoms in total. The van der Waals surface area contributed by atoms with Gasteiger partial charge in [0, 0.05) is 27.9 Å². The number of nitrogens with one attached hydrogen (secondary N) is 1. The fourth-order valence-corrected chi connectivity index (χ4v) is 4.61. The third-order valence-electron chi connectivity index (χ3n) is 5.18. The maximum absolute atomic E-state index is 12.9. The Morgan fingerprint density at radius 3 is 2.05 bits per heavy atom. The maximum Gasteiger partial charge on any atom is 0.295 e. The Hall–Kier alpha value is -4.95. The number of nitro benzene ring substituents is 2. The molecule has 4 rings (SSSR count). The number of fused-ring (bicyclic) bond motifs is 1. The van der Waals surface area contributed by atoms with Gasteiger partial charge in [0.25, 0.3) is 27.3 Å². The van der Waals surface area contributed by atoms with Crippen LogP contribution in [-0.2, 0) is 10.0 Å². The van der Waals surface area contributed by atoms with E-state index in [0.717, 1.165) is 18.2 Å². The summed E-state index contributed by atoms with van der Waals surface area (Å²) in [5, 5.41) is 40.8. The van der Waals surface area contributed by atoms with Gasteiger partial charge in [0.2, 0.25) is 0 Å². The first kappa shape index (κ1) is 26.1. The van der Waals surface area contributed by atoms with E-state index < -0.39 is 48.5 Å². The number of phenols is 1. The van der Waals surface area contributed by atoms with E-state index in [0.29, 0.717) is 16.5 Å². The predicted molar refractivity (Wildman–Crippen MR) is 136 cm³/mol. The van der Waals surface area contributed by atoms with Gasteiger partial charge in [-0.2, -0.15) is 0 Å². The molecule has 15 heteroatoms. The molecule has 1 amide bonds. The van der Waals surface area contributed by atoms with Crippen LogP contribution in [-0.4, -0.2) is 29.3 Å². The van der Waals surface area contributed by atoms with E-state index in [1.54, 1.807) is 18.2 Å². The molecule has 0 heterocycles. The fourth-order valence-electron chi connectivity index (χ4n) is 3.41. The molecule has 0 saturated heterocycles. The smallest absolute Gasteiger partial charge is 0.295 e. The summed E-state index contributed by atoms with van der Waals surface area (Å²) >= 11 is 5.83. The third kappa shape index (κ3) is 5.40. The van der Waals surface area contributed by atoms with Gasteiger partial charge in [0.05, 0.1) is 32.1 Å². The second-order valence-corrected chi connectivity index (χ2v) is 9.77. The molecule has 0 spiro atoms. The minimum Gasteiger partial charge on any atom is -0.505 e. The molecule has 0 fully saturated rings. The van der Waals surface area contributed by atoms with Gasteiger partial charge >= 0.3 is 0 Å². The number of halogens is 1. The molecule has 0 saturated carbocycles. The second-order valence-electron chi connectivity index (χ2n) is 7.65. The van der Waals surface area contributed by atoms with Gasteiger partial charge in [-0.05, 0) is 30.3 Å². The number of sulfonamides is 1. The highest BCUT2D eigenvalue weighted by Gasteiger charge is 2.21. The molecule has 0 bridgehead atoms. The molecule has 4 aromatic carbocycles. The highest BCUT2D eigenvalue weighted by atomic mass is 35.5. The van der Waals surface area contributed by atoms with Crippen LogP contribution in [0.5, 0.6) is 5.75 Å². The van der Waals surface area contributed by atoms with Gasteiger partial charge < -0.3 is 5.11 Å². The van der Waals surface area contributed by atoms with Crippen molar-refractivity contribution in [3.8, 4) is 5.75 Å². The van der Waals surface area contributed by atoms with E-state index >= 15 is 0 Å². The molecule has 0 atom stereocenters. The first-order chi connectivity index (χ1) is 18.0. The number of amides is 1. The van der Waals surface area contributed by atoms with Gasteiger partial charge in [-0.1, -0.05) is 35.9 Å². The molecule has 38 heavy (non-hydrogen) atoms. The fraction of sp³-hybridized carbons (Fsp3) is 0. The summed E-state index contributed by atoms with van der Waals surface area (Å²) < 4.78 is 28.3. The first-order valence-corrected chi connectivity index (χ1v) is 12.3. The maximum atomic E-state index is 12.9. The van der Waals surface area contributed by atoms with E-state index in [2.05, 4.69) is 15.0 Å². The Bertz CT molecular complexity index is 1730. The van der Waals surface area contributed by atoms with E-state index in [4.69, 9.17) is 11.6 Å².